The van der Waals surface area contributed by atoms with Crippen molar-refractivity contribution < 1.29 is 4.79 Å². The Morgan fingerprint density at radius 3 is 2.43 bits per heavy atom. The van der Waals surface area contributed by atoms with E-state index >= 15 is 0 Å². The number of carbonyl (C=O) groups excluding carboxylic acids is 1. The highest BCUT2D eigenvalue weighted by molar-refractivity contribution is 7.99. The molecule has 0 saturated carbocycles. The third kappa shape index (κ3) is 3.74. The van der Waals surface area contributed by atoms with E-state index in [1.807, 2.05) is 42.1 Å². The summed E-state index contributed by atoms with van der Waals surface area (Å²) in [7, 11) is 3.54. The van der Waals surface area contributed by atoms with Crippen LogP contribution >= 0.6 is 11.8 Å². The minimum Gasteiger partial charge on any atom is -0.371 e. The van der Waals surface area contributed by atoms with Crippen LogP contribution in [-0.4, -0.2) is 47.8 Å². The molecule has 0 aliphatic carbocycles. The van der Waals surface area contributed by atoms with Crippen LogP contribution in [0.5, 0.6) is 0 Å². The van der Waals surface area contributed by atoms with Gasteiger partial charge in [0.05, 0.1) is 23.5 Å². The van der Waals surface area contributed by atoms with Crippen LogP contribution in [0.25, 0.3) is 0 Å². The first-order valence-electron chi connectivity index (χ1n) is 9.65. The summed E-state index contributed by atoms with van der Waals surface area (Å²) in [6.45, 7) is 0.595. The maximum Gasteiger partial charge on any atom is 0.253 e. The SMILES string of the molecule is CN(C)C(=O)c1ccc(CN=C2Nc3ccccc3NC23CCSCC3)cc1. The fourth-order valence-corrected chi connectivity index (χ4v) is 4.91. The van der Waals surface area contributed by atoms with Gasteiger partial charge in [0, 0.05) is 19.7 Å². The van der Waals surface area contributed by atoms with Gasteiger partial charge in [-0.25, -0.2) is 0 Å². The van der Waals surface area contributed by atoms with E-state index in [1.165, 1.54) is 0 Å². The summed E-state index contributed by atoms with van der Waals surface area (Å²) >= 11 is 2.01. The maximum atomic E-state index is 12.1. The average molecular weight is 395 g/mol. The van der Waals surface area contributed by atoms with Gasteiger partial charge in [0.15, 0.2) is 0 Å². The number of amidine groups is 1. The first-order valence-corrected chi connectivity index (χ1v) is 10.8. The van der Waals surface area contributed by atoms with E-state index in [2.05, 4.69) is 28.8 Å². The zero-order chi connectivity index (χ0) is 19.6. The van der Waals surface area contributed by atoms with E-state index in [-0.39, 0.29) is 11.4 Å². The molecule has 1 saturated heterocycles. The van der Waals surface area contributed by atoms with E-state index in [1.54, 1.807) is 19.0 Å². The molecule has 6 heteroatoms. The first kappa shape index (κ1) is 18.9. The van der Waals surface area contributed by atoms with E-state index < -0.39 is 0 Å². The summed E-state index contributed by atoms with van der Waals surface area (Å²) in [4.78, 5) is 18.6. The lowest BCUT2D eigenvalue weighted by Crippen LogP contribution is -2.54. The molecule has 0 aromatic heterocycles. The Hall–Kier alpha value is -2.47. The molecule has 0 atom stereocenters. The molecule has 5 nitrogen and oxygen atoms in total. The fourth-order valence-electron chi connectivity index (χ4n) is 3.72. The molecule has 2 aromatic carbocycles. The number of nitrogens with one attached hydrogen (secondary N) is 2. The number of aliphatic imine (C=N–C) groups is 1. The number of benzene rings is 2. The molecule has 1 fully saturated rings. The largest absolute Gasteiger partial charge is 0.371 e. The summed E-state index contributed by atoms with van der Waals surface area (Å²) < 4.78 is 0. The molecule has 0 unspecified atom stereocenters. The highest BCUT2D eigenvalue weighted by Gasteiger charge is 2.40. The number of rotatable bonds is 3. The molecule has 2 aromatic rings. The second-order valence-corrected chi connectivity index (χ2v) is 8.78. The highest BCUT2D eigenvalue weighted by atomic mass is 32.2. The van der Waals surface area contributed by atoms with Gasteiger partial charge in [-0.1, -0.05) is 24.3 Å². The van der Waals surface area contributed by atoms with Crippen LogP contribution in [0.4, 0.5) is 11.4 Å². The van der Waals surface area contributed by atoms with Crippen LogP contribution in [0, 0.1) is 0 Å². The van der Waals surface area contributed by atoms with Crippen molar-refractivity contribution in [2.45, 2.75) is 24.9 Å². The number of carbonyl (C=O) groups is 1. The number of hydrogen-bond acceptors (Lipinski definition) is 4. The van der Waals surface area contributed by atoms with Gasteiger partial charge in [0.2, 0.25) is 0 Å². The topological polar surface area (TPSA) is 56.7 Å². The van der Waals surface area contributed by atoms with Gasteiger partial charge in [0.1, 0.15) is 5.84 Å². The summed E-state index contributed by atoms with van der Waals surface area (Å²) in [6, 6.07) is 16.1. The van der Waals surface area contributed by atoms with E-state index in [0.717, 1.165) is 47.1 Å². The monoisotopic (exact) mass is 394 g/mol. The van der Waals surface area contributed by atoms with Crippen molar-refractivity contribution in [3.05, 3.63) is 59.7 Å². The molecule has 2 heterocycles. The van der Waals surface area contributed by atoms with Crippen LogP contribution in [-0.2, 0) is 6.54 Å². The summed E-state index contributed by atoms with van der Waals surface area (Å²) in [6.07, 6.45) is 2.13. The quantitative estimate of drug-likeness (QED) is 0.823. The Bertz CT molecular complexity index is 886. The van der Waals surface area contributed by atoms with Gasteiger partial charge in [-0.15, -0.1) is 0 Å². The average Bonchev–Trinajstić information content (AvgIpc) is 2.72. The highest BCUT2D eigenvalue weighted by Crippen LogP contribution is 2.38. The number of hydrogen-bond donors (Lipinski definition) is 2. The first-order chi connectivity index (χ1) is 13.6. The normalized spacial score (nSPS) is 18.9. The number of amides is 1. The Morgan fingerprint density at radius 2 is 1.75 bits per heavy atom. The molecule has 1 spiro atoms. The zero-order valence-corrected chi connectivity index (χ0v) is 17.2. The Kier molecular flexibility index (Phi) is 5.31. The number of anilines is 2. The van der Waals surface area contributed by atoms with Crippen LogP contribution in [0.1, 0.15) is 28.8 Å². The molecule has 2 aliphatic rings. The molecule has 28 heavy (non-hydrogen) atoms. The number of para-hydroxylation sites is 2. The van der Waals surface area contributed by atoms with Crippen molar-refractivity contribution >= 4 is 34.9 Å². The van der Waals surface area contributed by atoms with Gasteiger partial charge in [-0.05, 0) is 54.2 Å². The number of nitrogens with zero attached hydrogens (tertiary/aromatic N) is 2. The molecule has 2 aliphatic heterocycles. The molecule has 146 valence electrons. The molecule has 2 N–H and O–H groups in total. The third-order valence-corrected chi connectivity index (χ3v) is 6.37. The minimum absolute atomic E-state index is 0.0197. The van der Waals surface area contributed by atoms with Crippen LogP contribution in [0.2, 0.25) is 0 Å². The zero-order valence-electron chi connectivity index (χ0n) is 16.4. The van der Waals surface area contributed by atoms with Gasteiger partial charge in [0.25, 0.3) is 5.91 Å². The molecule has 0 bridgehead atoms. The lowest BCUT2D eigenvalue weighted by atomic mass is 9.87. The van der Waals surface area contributed by atoms with Crippen molar-refractivity contribution in [3.63, 3.8) is 0 Å². The lowest BCUT2D eigenvalue weighted by Gasteiger charge is -2.43. The smallest absolute Gasteiger partial charge is 0.253 e. The van der Waals surface area contributed by atoms with Crippen molar-refractivity contribution in [3.8, 4) is 0 Å². The fraction of sp³-hybridized carbons (Fsp3) is 0.364. The number of fused-ring (bicyclic) bond motifs is 1. The van der Waals surface area contributed by atoms with Gasteiger partial charge in [-0.3, -0.25) is 9.79 Å². The lowest BCUT2D eigenvalue weighted by molar-refractivity contribution is 0.0827. The van der Waals surface area contributed by atoms with E-state index in [0.29, 0.717) is 12.1 Å². The van der Waals surface area contributed by atoms with Gasteiger partial charge >= 0.3 is 0 Å². The Labute approximate surface area is 170 Å². The van der Waals surface area contributed by atoms with Crippen molar-refractivity contribution in [2.24, 2.45) is 4.99 Å². The molecule has 4 rings (SSSR count). The Balaban J connectivity index is 1.57. The van der Waals surface area contributed by atoms with Gasteiger partial charge < -0.3 is 15.5 Å². The van der Waals surface area contributed by atoms with E-state index in [9.17, 15) is 4.79 Å². The summed E-state index contributed by atoms with van der Waals surface area (Å²) in [5.41, 5.74) is 3.93. The second kappa shape index (κ2) is 7.87. The van der Waals surface area contributed by atoms with Crippen molar-refractivity contribution in [2.75, 3.05) is 36.2 Å². The summed E-state index contributed by atoms with van der Waals surface area (Å²) in [5, 5.41) is 7.37. The minimum atomic E-state index is -0.111. The molecular weight excluding hydrogens is 368 g/mol. The van der Waals surface area contributed by atoms with Crippen molar-refractivity contribution in [1.82, 2.24) is 4.90 Å². The Morgan fingerprint density at radius 1 is 1.07 bits per heavy atom. The molecular formula is C22H26N4OS. The van der Waals surface area contributed by atoms with Crippen LogP contribution in [0.15, 0.2) is 53.5 Å². The van der Waals surface area contributed by atoms with Crippen LogP contribution in [0.3, 0.4) is 0 Å². The van der Waals surface area contributed by atoms with Crippen molar-refractivity contribution in [1.29, 1.82) is 0 Å². The third-order valence-electron chi connectivity index (χ3n) is 5.38. The summed E-state index contributed by atoms with van der Waals surface area (Å²) in [5.74, 6) is 3.32. The maximum absolute atomic E-state index is 12.1. The van der Waals surface area contributed by atoms with Gasteiger partial charge in [-0.2, -0.15) is 11.8 Å². The predicted molar refractivity (Wildman–Crippen MR) is 119 cm³/mol. The predicted octanol–water partition coefficient (Wildman–Crippen LogP) is 4.09. The number of thioether (sulfide) groups is 1. The molecule has 1 amide bonds. The second-order valence-electron chi connectivity index (χ2n) is 7.55. The van der Waals surface area contributed by atoms with E-state index in [4.69, 9.17) is 4.99 Å². The standard InChI is InChI=1S/C22H26N4OS/c1-26(2)20(27)17-9-7-16(8-10-17)15-23-21-22(11-13-28-14-12-22)25-19-6-4-3-5-18(19)24-21/h3-10,25H,11-15H2,1-2H3,(H,23,24). The molecule has 0 radical (unpaired) electrons. The van der Waals surface area contributed by atoms with Crippen LogP contribution < -0.4 is 10.6 Å².